The fourth-order valence-electron chi connectivity index (χ4n) is 2.36. The van der Waals surface area contributed by atoms with Crippen molar-refractivity contribution in [1.29, 1.82) is 0 Å². The van der Waals surface area contributed by atoms with Gasteiger partial charge in [-0.15, -0.1) is 0 Å². The van der Waals surface area contributed by atoms with Crippen LogP contribution in [0.15, 0.2) is 65.7 Å². The van der Waals surface area contributed by atoms with Gasteiger partial charge in [0.15, 0.2) is 0 Å². The second-order valence-corrected chi connectivity index (χ2v) is 6.45. The summed E-state index contributed by atoms with van der Waals surface area (Å²) in [6.45, 7) is 0. The summed E-state index contributed by atoms with van der Waals surface area (Å²) in [5.41, 5.74) is -5.82. The molecule has 9 heteroatoms. The van der Waals surface area contributed by atoms with E-state index in [2.05, 4.69) is 9.73 Å². The third kappa shape index (κ3) is 3.33. The van der Waals surface area contributed by atoms with Crippen molar-refractivity contribution in [1.82, 2.24) is 0 Å². The van der Waals surface area contributed by atoms with Gasteiger partial charge < -0.3 is 4.74 Å². The molecule has 3 rings (SSSR count). The average molecular weight is 391 g/mol. The fourth-order valence-corrected chi connectivity index (χ4v) is 3.49. The van der Waals surface area contributed by atoms with Crippen LogP contribution in [-0.4, -0.2) is 23.1 Å². The molecule has 1 unspecified atom stereocenters. The maximum atomic E-state index is 13.5. The van der Waals surface area contributed by atoms with Crippen LogP contribution in [0.2, 0.25) is 0 Å². The smallest absolute Gasteiger partial charge is 0.319 e. The number of nitrogens with zero attached hydrogens (tertiary/aromatic N) is 1. The van der Waals surface area contributed by atoms with Gasteiger partial charge in [-0.05, 0) is 5.56 Å². The van der Waals surface area contributed by atoms with Gasteiger partial charge in [0.25, 0.3) is 0 Å². The fraction of sp³-hybridized carbons (Fsp3) is 0.235. The molecule has 0 aliphatic carbocycles. The number of hydrogen-bond donors (Lipinski definition) is 0. The molecular weight excluding hydrogens is 380 g/mol. The summed E-state index contributed by atoms with van der Waals surface area (Å²) >= 11 is 0.700. The Morgan fingerprint density at radius 1 is 0.808 bits per heavy atom. The molecule has 0 bridgehead atoms. The topological polar surface area (TPSA) is 21.6 Å². The molecule has 0 saturated carbocycles. The average Bonchev–Trinajstić information content (AvgIpc) is 2.61. The van der Waals surface area contributed by atoms with Crippen LogP contribution in [0.5, 0.6) is 0 Å². The molecule has 26 heavy (non-hydrogen) atoms. The van der Waals surface area contributed by atoms with E-state index in [-0.39, 0.29) is 16.2 Å². The van der Waals surface area contributed by atoms with Crippen LogP contribution in [0.1, 0.15) is 16.6 Å². The molecule has 0 radical (unpaired) electrons. The molecule has 0 N–H and O–H groups in total. The van der Waals surface area contributed by atoms with Gasteiger partial charge in [0.2, 0.25) is 0 Å². The molecule has 0 aromatic heterocycles. The lowest BCUT2D eigenvalue weighted by Gasteiger charge is -2.40. The number of rotatable bonds is 2. The van der Waals surface area contributed by atoms with Gasteiger partial charge in [-0.3, -0.25) is 0 Å². The first kappa shape index (κ1) is 18.8. The maximum Gasteiger partial charge on any atom is 0.448 e. The van der Waals surface area contributed by atoms with Crippen molar-refractivity contribution in [3.63, 3.8) is 0 Å². The molecule has 1 aliphatic heterocycles. The highest BCUT2D eigenvalue weighted by Crippen LogP contribution is 2.54. The van der Waals surface area contributed by atoms with Crippen molar-refractivity contribution >= 4 is 16.8 Å². The lowest BCUT2D eigenvalue weighted by Crippen LogP contribution is -2.59. The molecule has 2 nitrogen and oxygen atoms in total. The summed E-state index contributed by atoms with van der Waals surface area (Å²) in [6.07, 6.45) is -11.6. The first-order valence-corrected chi connectivity index (χ1v) is 8.20. The molecule has 1 aliphatic rings. The Balaban J connectivity index is 2.18. The molecule has 2 aromatic rings. The van der Waals surface area contributed by atoms with E-state index in [1.165, 1.54) is 48.5 Å². The summed E-state index contributed by atoms with van der Waals surface area (Å²) in [6, 6.07) is 14.8. The molecule has 0 amide bonds. The van der Waals surface area contributed by atoms with Crippen LogP contribution in [0, 0.1) is 0 Å². The highest BCUT2D eigenvalue weighted by molar-refractivity contribution is 8.14. The maximum absolute atomic E-state index is 13.5. The van der Waals surface area contributed by atoms with Crippen LogP contribution in [0.25, 0.3) is 0 Å². The van der Waals surface area contributed by atoms with Crippen LogP contribution in [-0.2, 0) is 4.74 Å². The van der Waals surface area contributed by atoms with Crippen molar-refractivity contribution in [2.45, 2.75) is 23.5 Å². The summed E-state index contributed by atoms with van der Waals surface area (Å²) in [7, 11) is 0. The van der Waals surface area contributed by atoms with E-state index >= 15 is 0 Å². The Morgan fingerprint density at radius 3 is 1.81 bits per heavy atom. The Bertz CT molecular complexity index is 774. The Morgan fingerprint density at radius 2 is 1.31 bits per heavy atom. The van der Waals surface area contributed by atoms with Crippen LogP contribution < -0.4 is 0 Å². The van der Waals surface area contributed by atoms with Gasteiger partial charge in [-0.25, -0.2) is 4.99 Å². The van der Waals surface area contributed by atoms with E-state index in [0.717, 1.165) is 0 Å². The van der Waals surface area contributed by atoms with Gasteiger partial charge in [-0.2, -0.15) is 26.3 Å². The summed E-state index contributed by atoms with van der Waals surface area (Å²) in [5.74, 6) is 0. The zero-order valence-electron chi connectivity index (χ0n) is 12.9. The SMILES string of the molecule is FC(F)(F)C1(C(F)(F)F)N=C(c2ccccc2)SC(c2ccccc2)O1. The summed E-state index contributed by atoms with van der Waals surface area (Å²) < 4.78 is 85.6. The predicted molar refractivity (Wildman–Crippen MR) is 85.7 cm³/mol. The molecular formula is C17H11F6NOS. The lowest BCUT2D eigenvalue weighted by atomic mass is 10.1. The first-order chi connectivity index (χ1) is 12.1. The van der Waals surface area contributed by atoms with E-state index in [4.69, 9.17) is 0 Å². The minimum absolute atomic E-state index is 0.152. The Labute approximate surface area is 148 Å². The monoisotopic (exact) mass is 391 g/mol. The zero-order valence-corrected chi connectivity index (χ0v) is 13.7. The van der Waals surface area contributed by atoms with Crippen LogP contribution in [0.3, 0.4) is 0 Å². The normalized spacial score (nSPS) is 20.5. The number of hydrogen-bond acceptors (Lipinski definition) is 3. The second-order valence-electron chi connectivity index (χ2n) is 5.40. The molecule has 0 fully saturated rings. The van der Waals surface area contributed by atoms with Gasteiger partial charge in [0.05, 0.1) is 0 Å². The highest BCUT2D eigenvalue weighted by atomic mass is 32.2. The van der Waals surface area contributed by atoms with E-state index in [1.807, 2.05) is 0 Å². The summed E-state index contributed by atoms with van der Waals surface area (Å²) in [4.78, 5) is 3.01. The Kier molecular flexibility index (Phi) is 4.78. The van der Waals surface area contributed by atoms with Crippen LogP contribution in [0.4, 0.5) is 26.3 Å². The molecule has 0 saturated heterocycles. The molecule has 138 valence electrons. The molecule has 1 atom stereocenters. The third-order valence-corrected chi connectivity index (χ3v) is 4.75. The number of halogens is 6. The summed E-state index contributed by atoms with van der Waals surface area (Å²) in [5, 5.41) is -0.389. The quantitative estimate of drug-likeness (QED) is 0.611. The van der Waals surface area contributed by atoms with Crippen molar-refractivity contribution in [3.05, 3.63) is 71.8 Å². The number of thioether (sulfide) groups is 1. The second kappa shape index (κ2) is 6.62. The highest BCUT2D eigenvalue weighted by Gasteiger charge is 2.75. The van der Waals surface area contributed by atoms with Crippen molar-refractivity contribution in [2.24, 2.45) is 4.99 Å². The molecule has 0 spiro atoms. The lowest BCUT2D eigenvalue weighted by molar-refractivity contribution is -0.382. The van der Waals surface area contributed by atoms with E-state index in [0.29, 0.717) is 11.8 Å². The Hall–Kier alpha value is -2.00. The molecule has 1 heterocycles. The standard InChI is InChI=1S/C17H11F6NOS/c18-16(19,20)15(17(21,22)23)24-13(11-7-3-1-4-8-11)26-14(25-15)12-9-5-2-6-10-12/h1-10,14H. The van der Waals surface area contributed by atoms with Crippen molar-refractivity contribution in [2.75, 3.05) is 0 Å². The van der Waals surface area contributed by atoms with Crippen LogP contribution >= 0.6 is 11.8 Å². The van der Waals surface area contributed by atoms with Gasteiger partial charge in [-0.1, -0.05) is 72.4 Å². The van der Waals surface area contributed by atoms with Gasteiger partial charge in [0, 0.05) is 5.56 Å². The van der Waals surface area contributed by atoms with Gasteiger partial charge in [0.1, 0.15) is 10.5 Å². The van der Waals surface area contributed by atoms with E-state index in [1.54, 1.807) is 12.1 Å². The first-order valence-electron chi connectivity index (χ1n) is 7.32. The molecule has 2 aromatic carbocycles. The number of ether oxygens (including phenoxy) is 1. The predicted octanol–water partition coefficient (Wildman–Crippen LogP) is 5.72. The van der Waals surface area contributed by atoms with E-state index in [9.17, 15) is 26.3 Å². The van der Waals surface area contributed by atoms with Gasteiger partial charge >= 0.3 is 18.1 Å². The van der Waals surface area contributed by atoms with E-state index < -0.39 is 23.5 Å². The largest absolute Gasteiger partial charge is 0.448 e. The number of aliphatic imine (C=N–C) groups is 1. The van der Waals surface area contributed by atoms with Crippen molar-refractivity contribution < 1.29 is 31.1 Å². The minimum Gasteiger partial charge on any atom is -0.319 e. The minimum atomic E-state index is -5.78. The number of benzene rings is 2. The third-order valence-electron chi connectivity index (χ3n) is 3.62. The van der Waals surface area contributed by atoms with Crippen molar-refractivity contribution in [3.8, 4) is 0 Å². The number of alkyl halides is 6. The zero-order chi connectivity index (χ0) is 19.0.